The molecule has 5 heteroatoms. The number of aromatic nitrogens is 3. The van der Waals surface area contributed by atoms with Gasteiger partial charge in [0.15, 0.2) is 0 Å². The van der Waals surface area contributed by atoms with E-state index in [0.717, 1.165) is 25.4 Å². The van der Waals surface area contributed by atoms with E-state index in [9.17, 15) is 0 Å². The van der Waals surface area contributed by atoms with Crippen molar-refractivity contribution < 1.29 is 4.74 Å². The minimum absolute atomic E-state index is 0.0814. The van der Waals surface area contributed by atoms with Gasteiger partial charge in [-0.1, -0.05) is 0 Å². The van der Waals surface area contributed by atoms with Crippen LogP contribution in [0.15, 0.2) is 36.9 Å². The topological polar surface area (TPSA) is 43.2 Å². The van der Waals surface area contributed by atoms with Crippen molar-refractivity contribution in [2.24, 2.45) is 0 Å². The molecule has 1 atom stereocenters. The maximum absolute atomic E-state index is 5.96. The van der Waals surface area contributed by atoms with Gasteiger partial charge in [0, 0.05) is 30.6 Å². The minimum Gasteiger partial charge on any atom is -0.487 e. The van der Waals surface area contributed by atoms with Gasteiger partial charge >= 0.3 is 0 Å². The van der Waals surface area contributed by atoms with Crippen LogP contribution >= 0.6 is 0 Å². The summed E-state index contributed by atoms with van der Waals surface area (Å²) in [7, 11) is 0. The molecule has 0 aliphatic carbocycles. The molecule has 1 aliphatic rings. The van der Waals surface area contributed by atoms with Crippen molar-refractivity contribution in [3.05, 3.63) is 42.7 Å². The van der Waals surface area contributed by atoms with Crippen LogP contribution in [0.5, 0.6) is 5.75 Å². The lowest BCUT2D eigenvalue weighted by atomic mass is 9.95. The van der Waals surface area contributed by atoms with E-state index < -0.39 is 0 Å². The molecule has 0 saturated carbocycles. The Morgan fingerprint density at radius 1 is 1.21 bits per heavy atom. The third-order valence-electron chi connectivity index (χ3n) is 4.80. The summed E-state index contributed by atoms with van der Waals surface area (Å²) in [6.07, 6.45) is 9.97. The van der Waals surface area contributed by atoms with E-state index in [0.29, 0.717) is 12.0 Å². The van der Waals surface area contributed by atoms with Crippen LogP contribution < -0.4 is 4.74 Å². The quantitative estimate of drug-likeness (QED) is 0.816. The minimum atomic E-state index is 0.0814. The van der Waals surface area contributed by atoms with Crippen LogP contribution in [0.2, 0.25) is 0 Å². The zero-order valence-electron chi connectivity index (χ0n) is 14.9. The van der Waals surface area contributed by atoms with Crippen molar-refractivity contribution in [2.75, 3.05) is 13.1 Å². The monoisotopic (exact) mass is 328 g/mol. The van der Waals surface area contributed by atoms with Gasteiger partial charge in [0.2, 0.25) is 0 Å². The number of nitrogens with zero attached hydrogens (tertiary/aromatic N) is 4. The Morgan fingerprint density at radius 2 is 2.00 bits per heavy atom. The third-order valence-corrected chi connectivity index (χ3v) is 4.80. The lowest BCUT2D eigenvalue weighted by Crippen LogP contribution is -2.38. The summed E-state index contributed by atoms with van der Waals surface area (Å²) in [4.78, 5) is 11.3. The van der Waals surface area contributed by atoms with E-state index in [1.807, 2.05) is 18.3 Å². The Labute approximate surface area is 144 Å². The summed E-state index contributed by atoms with van der Waals surface area (Å²) in [5.74, 6) is 2.58. The van der Waals surface area contributed by atoms with Crippen molar-refractivity contribution in [3.63, 3.8) is 0 Å². The van der Waals surface area contributed by atoms with Gasteiger partial charge in [-0.2, -0.15) is 0 Å². The van der Waals surface area contributed by atoms with Gasteiger partial charge in [0.05, 0.1) is 12.7 Å². The number of pyridine rings is 1. The van der Waals surface area contributed by atoms with Crippen LogP contribution in [-0.2, 0) is 6.54 Å². The molecule has 1 aliphatic heterocycles. The molecule has 3 rings (SSSR count). The number of hydrogen-bond donors (Lipinski definition) is 0. The zero-order valence-corrected chi connectivity index (χ0v) is 14.9. The van der Waals surface area contributed by atoms with Gasteiger partial charge in [-0.25, -0.2) is 4.98 Å². The number of likely N-dealkylation sites (tertiary alicyclic amines) is 1. The summed E-state index contributed by atoms with van der Waals surface area (Å²) >= 11 is 0. The second kappa shape index (κ2) is 7.79. The fraction of sp³-hybridized carbons (Fsp3) is 0.579. The Balaban J connectivity index is 1.59. The number of ether oxygens (including phenoxy) is 1. The molecule has 0 amide bonds. The van der Waals surface area contributed by atoms with Crippen LogP contribution in [0, 0.1) is 0 Å². The summed E-state index contributed by atoms with van der Waals surface area (Å²) in [5, 5.41) is 0. The summed E-state index contributed by atoms with van der Waals surface area (Å²) < 4.78 is 8.22. The lowest BCUT2D eigenvalue weighted by Gasteiger charge is -2.34. The number of hydrogen-bond acceptors (Lipinski definition) is 4. The maximum Gasteiger partial charge on any atom is 0.138 e. The first kappa shape index (κ1) is 17.0. The van der Waals surface area contributed by atoms with Gasteiger partial charge in [0.25, 0.3) is 0 Å². The molecule has 2 aromatic heterocycles. The molecule has 130 valence electrons. The molecule has 0 N–H and O–H groups in total. The van der Waals surface area contributed by atoms with Crippen LogP contribution in [0.25, 0.3) is 0 Å². The van der Waals surface area contributed by atoms with E-state index in [1.165, 1.54) is 18.7 Å². The van der Waals surface area contributed by atoms with Crippen molar-refractivity contribution in [1.82, 2.24) is 19.4 Å². The molecule has 24 heavy (non-hydrogen) atoms. The van der Waals surface area contributed by atoms with E-state index in [1.54, 1.807) is 12.4 Å². The molecule has 5 nitrogen and oxygen atoms in total. The predicted molar refractivity (Wildman–Crippen MR) is 95.2 cm³/mol. The molecule has 0 aromatic carbocycles. The molecule has 0 radical (unpaired) electrons. The van der Waals surface area contributed by atoms with Crippen LogP contribution in [0.1, 0.15) is 45.4 Å². The Morgan fingerprint density at radius 3 is 2.67 bits per heavy atom. The highest BCUT2D eigenvalue weighted by Crippen LogP contribution is 2.28. The van der Waals surface area contributed by atoms with E-state index in [-0.39, 0.29) is 6.10 Å². The summed E-state index contributed by atoms with van der Waals surface area (Å²) in [6, 6.07) is 4.48. The van der Waals surface area contributed by atoms with Crippen LogP contribution in [-0.4, -0.2) is 44.7 Å². The molecule has 1 saturated heterocycles. The molecule has 0 bridgehead atoms. The Bertz CT molecular complexity index is 617. The van der Waals surface area contributed by atoms with E-state index >= 15 is 0 Å². The Hall–Kier alpha value is -1.88. The molecular formula is C19H28N4O. The highest BCUT2D eigenvalue weighted by atomic mass is 16.5. The number of rotatable bonds is 6. The Kier molecular flexibility index (Phi) is 5.51. The largest absolute Gasteiger partial charge is 0.487 e. The van der Waals surface area contributed by atoms with Crippen LogP contribution in [0.4, 0.5) is 0 Å². The fourth-order valence-corrected chi connectivity index (χ4v) is 3.47. The van der Waals surface area contributed by atoms with Gasteiger partial charge in [-0.05, 0) is 58.8 Å². The van der Waals surface area contributed by atoms with Crippen LogP contribution in [0.3, 0.4) is 0 Å². The second-order valence-electron chi connectivity index (χ2n) is 6.96. The molecular weight excluding hydrogens is 300 g/mol. The van der Waals surface area contributed by atoms with Gasteiger partial charge < -0.3 is 14.2 Å². The maximum atomic E-state index is 5.96. The van der Waals surface area contributed by atoms with Gasteiger partial charge in [0.1, 0.15) is 17.7 Å². The first-order valence-corrected chi connectivity index (χ1v) is 8.95. The standard InChI is InChI=1S/C19H28N4O/c1-15(2)22-10-6-17(7-11-22)19-21-9-12-23(19)14-16(3)24-18-5-4-8-20-13-18/h4-5,8-9,12-13,15-17H,6-7,10-11,14H2,1-3H3/t16-/m0/s1. The van der Waals surface area contributed by atoms with Gasteiger partial charge in [-0.3, -0.25) is 4.98 Å². The average Bonchev–Trinajstić information content (AvgIpc) is 3.03. The molecule has 2 aromatic rings. The molecule has 1 fully saturated rings. The molecule has 0 unspecified atom stereocenters. The average molecular weight is 328 g/mol. The predicted octanol–water partition coefficient (Wildman–Crippen LogP) is 3.33. The molecule has 0 spiro atoms. The first-order chi connectivity index (χ1) is 11.6. The lowest BCUT2D eigenvalue weighted by molar-refractivity contribution is 0.164. The zero-order chi connectivity index (χ0) is 16.9. The smallest absolute Gasteiger partial charge is 0.138 e. The highest BCUT2D eigenvalue weighted by molar-refractivity contribution is 5.15. The van der Waals surface area contributed by atoms with Crippen molar-refractivity contribution in [2.45, 2.75) is 58.2 Å². The SMILES string of the molecule is CC(C)N1CCC(c2nccn2C[C@H](C)Oc2cccnc2)CC1. The van der Waals surface area contributed by atoms with E-state index in [4.69, 9.17) is 4.74 Å². The highest BCUT2D eigenvalue weighted by Gasteiger charge is 2.25. The second-order valence-corrected chi connectivity index (χ2v) is 6.96. The van der Waals surface area contributed by atoms with E-state index in [2.05, 4.69) is 46.4 Å². The van der Waals surface area contributed by atoms with Crippen molar-refractivity contribution in [1.29, 1.82) is 0 Å². The fourth-order valence-electron chi connectivity index (χ4n) is 3.47. The van der Waals surface area contributed by atoms with Crippen molar-refractivity contribution >= 4 is 0 Å². The summed E-state index contributed by atoms with van der Waals surface area (Å²) in [5.41, 5.74) is 0. The number of imidazole rings is 1. The molecule has 3 heterocycles. The first-order valence-electron chi connectivity index (χ1n) is 8.95. The third kappa shape index (κ3) is 4.15. The summed E-state index contributed by atoms with van der Waals surface area (Å²) in [6.45, 7) is 9.79. The van der Waals surface area contributed by atoms with Crippen molar-refractivity contribution in [3.8, 4) is 5.75 Å². The van der Waals surface area contributed by atoms with Gasteiger partial charge in [-0.15, -0.1) is 0 Å². The number of piperidine rings is 1. The normalized spacial score (nSPS) is 18.0.